The van der Waals surface area contributed by atoms with E-state index >= 15 is 0 Å². The van der Waals surface area contributed by atoms with Crippen LogP contribution in [0.15, 0.2) is 54.6 Å². The lowest BCUT2D eigenvalue weighted by Crippen LogP contribution is -1.85. The van der Waals surface area contributed by atoms with E-state index in [2.05, 4.69) is 0 Å². The average molecular weight is 218 g/mol. The van der Waals surface area contributed by atoms with Crippen molar-refractivity contribution in [1.29, 1.82) is 0 Å². The molecule has 0 radical (unpaired) electrons. The minimum Gasteiger partial charge on any atom is -0.508 e. The predicted octanol–water partition coefficient (Wildman–Crippen LogP) is 2.46. The van der Waals surface area contributed by atoms with Crippen molar-refractivity contribution >= 4 is 11.4 Å². The van der Waals surface area contributed by atoms with Crippen molar-refractivity contribution in [1.82, 2.24) is 0 Å². The number of rotatable bonds is 1. The second kappa shape index (κ2) is 6.31. The van der Waals surface area contributed by atoms with Crippen LogP contribution in [0.3, 0.4) is 0 Å². The molecule has 2 aromatic carbocycles. The Hall–Kier alpha value is -2.20. The summed E-state index contributed by atoms with van der Waals surface area (Å²) in [6.45, 7) is 0. The zero-order chi connectivity index (χ0) is 11.8. The highest BCUT2D eigenvalue weighted by molar-refractivity contribution is 5.41. The molecule has 84 valence electrons. The molecule has 0 aromatic heterocycles. The normalized spacial score (nSPS) is 8.81. The van der Waals surface area contributed by atoms with Gasteiger partial charge in [-0.25, -0.2) is 0 Å². The highest BCUT2D eigenvalue weighted by atomic mass is 16.5. The second-order valence-corrected chi connectivity index (χ2v) is 3.07. The Morgan fingerprint density at radius 1 is 0.875 bits per heavy atom. The lowest BCUT2D eigenvalue weighted by atomic mass is 10.3. The Balaban J connectivity index is 0.000000160. The van der Waals surface area contributed by atoms with Crippen molar-refractivity contribution in [3.63, 3.8) is 0 Å². The van der Waals surface area contributed by atoms with Gasteiger partial charge in [-0.3, -0.25) is 10.7 Å². The maximum Gasteiger partial charge on any atom is 0.115 e. The summed E-state index contributed by atoms with van der Waals surface area (Å²) >= 11 is 0. The summed E-state index contributed by atoms with van der Waals surface area (Å²) in [4.78, 5) is 0. The lowest BCUT2D eigenvalue weighted by Gasteiger charge is -1.92. The van der Waals surface area contributed by atoms with E-state index in [9.17, 15) is 0 Å². The Bertz CT molecular complexity index is 380. The number of para-hydroxylation sites is 1. The maximum absolute atomic E-state index is 8.70. The molecule has 0 bridgehead atoms. The molecule has 0 spiro atoms. The van der Waals surface area contributed by atoms with Gasteiger partial charge >= 0.3 is 0 Å². The van der Waals surface area contributed by atoms with Crippen molar-refractivity contribution in [3.8, 4) is 5.75 Å². The van der Waals surface area contributed by atoms with Crippen LogP contribution in [0.2, 0.25) is 0 Å². The van der Waals surface area contributed by atoms with Crippen LogP contribution >= 0.6 is 0 Å². The molecule has 0 aliphatic carbocycles. The zero-order valence-electron chi connectivity index (χ0n) is 8.67. The van der Waals surface area contributed by atoms with Crippen molar-refractivity contribution in [2.45, 2.75) is 0 Å². The molecule has 0 saturated heterocycles. The molecule has 0 heterocycles. The Morgan fingerprint density at radius 2 is 1.44 bits per heavy atom. The first kappa shape index (κ1) is 11.9. The Morgan fingerprint density at radius 3 is 1.81 bits per heavy atom. The zero-order valence-corrected chi connectivity index (χ0v) is 8.67. The highest BCUT2D eigenvalue weighted by Crippen LogP contribution is 2.09. The summed E-state index contributed by atoms with van der Waals surface area (Å²) in [7, 11) is 0. The molecule has 2 rings (SSSR count). The van der Waals surface area contributed by atoms with Crippen LogP contribution in [0, 0.1) is 0 Å². The molecule has 0 fully saturated rings. The minimum absolute atomic E-state index is 0.249. The molecule has 16 heavy (non-hydrogen) atoms. The van der Waals surface area contributed by atoms with Gasteiger partial charge < -0.3 is 10.8 Å². The summed E-state index contributed by atoms with van der Waals surface area (Å²) in [6, 6.07) is 15.5. The monoisotopic (exact) mass is 218 g/mol. The number of nitrogens with one attached hydrogen (secondary N) is 1. The quantitative estimate of drug-likeness (QED) is 0.337. The van der Waals surface area contributed by atoms with Gasteiger partial charge in [0.2, 0.25) is 0 Å². The average Bonchev–Trinajstić information content (AvgIpc) is 2.35. The van der Waals surface area contributed by atoms with Gasteiger partial charge in [-0.15, -0.1) is 0 Å². The van der Waals surface area contributed by atoms with E-state index in [4.69, 9.17) is 16.0 Å². The molecule has 4 heteroatoms. The van der Waals surface area contributed by atoms with Crippen molar-refractivity contribution < 1.29 is 10.3 Å². The van der Waals surface area contributed by atoms with Crippen LogP contribution in [0.1, 0.15) is 0 Å². The predicted molar refractivity (Wildman–Crippen MR) is 64.4 cm³/mol. The van der Waals surface area contributed by atoms with Gasteiger partial charge in [-0.1, -0.05) is 18.2 Å². The molecule has 5 N–H and O–H groups in total. The fourth-order valence-corrected chi connectivity index (χ4v) is 0.987. The van der Waals surface area contributed by atoms with Gasteiger partial charge in [0, 0.05) is 5.69 Å². The molecule has 2 aromatic rings. The van der Waals surface area contributed by atoms with Crippen molar-refractivity contribution in [2.75, 3.05) is 11.2 Å². The molecule has 4 nitrogen and oxygen atoms in total. The number of anilines is 2. The van der Waals surface area contributed by atoms with E-state index in [0.29, 0.717) is 11.4 Å². The van der Waals surface area contributed by atoms with E-state index in [1.807, 2.05) is 23.7 Å². The number of hydrogen-bond acceptors (Lipinski definition) is 4. The maximum atomic E-state index is 8.70. The summed E-state index contributed by atoms with van der Waals surface area (Å²) in [5.41, 5.74) is 8.73. The van der Waals surface area contributed by atoms with Gasteiger partial charge in [0.05, 0.1) is 5.69 Å². The molecule has 0 aliphatic rings. The van der Waals surface area contributed by atoms with Gasteiger partial charge in [0.15, 0.2) is 0 Å². The number of phenols is 1. The third-order valence-electron chi connectivity index (χ3n) is 1.80. The van der Waals surface area contributed by atoms with E-state index in [1.165, 1.54) is 0 Å². The molecule has 0 amide bonds. The lowest BCUT2D eigenvalue weighted by molar-refractivity contribution is 0.389. The number of hydrogen-bond donors (Lipinski definition) is 4. The van der Waals surface area contributed by atoms with Crippen LogP contribution in [0.4, 0.5) is 11.4 Å². The van der Waals surface area contributed by atoms with E-state index < -0.39 is 0 Å². The van der Waals surface area contributed by atoms with E-state index in [-0.39, 0.29) is 5.75 Å². The molecular weight excluding hydrogens is 204 g/mol. The molecule has 0 saturated carbocycles. The van der Waals surface area contributed by atoms with Crippen LogP contribution in [-0.4, -0.2) is 10.3 Å². The highest BCUT2D eigenvalue weighted by Gasteiger charge is 1.82. The fraction of sp³-hybridized carbons (Fsp3) is 0. The third kappa shape index (κ3) is 4.34. The van der Waals surface area contributed by atoms with E-state index in [0.717, 1.165) is 0 Å². The van der Waals surface area contributed by atoms with E-state index in [1.54, 1.807) is 36.4 Å². The smallest absolute Gasteiger partial charge is 0.115 e. The number of nitrogens with two attached hydrogens (primary N) is 1. The van der Waals surface area contributed by atoms with Crippen molar-refractivity contribution in [3.05, 3.63) is 54.6 Å². The first-order valence-corrected chi connectivity index (χ1v) is 4.72. The fourth-order valence-electron chi connectivity index (χ4n) is 0.987. The van der Waals surface area contributed by atoms with Crippen LogP contribution in [-0.2, 0) is 0 Å². The molecule has 0 unspecified atom stereocenters. The summed E-state index contributed by atoms with van der Waals surface area (Å²) in [6.07, 6.45) is 0. The first-order valence-electron chi connectivity index (χ1n) is 4.72. The Labute approximate surface area is 93.9 Å². The molecule has 0 atom stereocenters. The molecular formula is C12H14N2O2. The first-order chi connectivity index (χ1) is 7.72. The van der Waals surface area contributed by atoms with Crippen LogP contribution in [0.25, 0.3) is 0 Å². The van der Waals surface area contributed by atoms with Gasteiger partial charge in [0.1, 0.15) is 5.75 Å². The number of aromatic hydroxyl groups is 1. The summed E-state index contributed by atoms with van der Waals surface area (Å²) < 4.78 is 0. The standard InChI is InChI=1S/2C6H7NO/c7-5-1-3-6(8)4-2-5;8-7-6-4-2-1-3-5-6/h1-4,8H,7H2;1-5,7-8H. The van der Waals surface area contributed by atoms with Crippen molar-refractivity contribution in [2.24, 2.45) is 0 Å². The van der Waals surface area contributed by atoms with Gasteiger partial charge in [-0.05, 0) is 36.4 Å². The summed E-state index contributed by atoms with van der Waals surface area (Å²) in [5.74, 6) is 0.249. The second-order valence-electron chi connectivity index (χ2n) is 3.07. The topological polar surface area (TPSA) is 78.5 Å². The number of phenolic OH excluding ortho intramolecular Hbond substituents is 1. The SMILES string of the molecule is Nc1ccc(O)cc1.ONc1ccccc1. The largest absolute Gasteiger partial charge is 0.508 e. The minimum atomic E-state index is 0.249. The number of nitrogen functional groups attached to an aromatic ring is 1. The summed E-state index contributed by atoms with van der Waals surface area (Å²) in [5, 5.41) is 17.0. The number of benzene rings is 2. The molecule has 0 aliphatic heterocycles. The van der Waals surface area contributed by atoms with Gasteiger partial charge in [-0.2, -0.15) is 0 Å². The van der Waals surface area contributed by atoms with Gasteiger partial charge in [0.25, 0.3) is 0 Å². The third-order valence-corrected chi connectivity index (χ3v) is 1.80. The van der Waals surface area contributed by atoms with Crippen LogP contribution in [0.5, 0.6) is 5.75 Å². The Kier molecular flexibility index (Phi) is 4.69. The van der Waals surface area contributed by atoms with Crippen LogP contribution < -0.4 is 11.2 Å².